The first-order valence-electron chi connectivity index (χ1n) is 5.68. The normalized spacial score (nSPS) is 16.1. The van der Waals surface area contributed by atoms with Gasteiger partial charge < -0.3 is 5.32 Å². The van der Waals surface area contributed by atoms with Gasteiger partial charge in [-0.15, -0.1) is 0 Å². The molecular formula is C11H13N3O4. The van der Waals surface area contributed by atoms with E-state index < -0.39 is 9.85 Å². The Bertz CT molecular complexity index is 499. The Balaban J connectivity index is 2.27. The second-order valence-corrected chi connectivity index (χ2v) is 4.49. The van der Waals surface area contributed by atoms with E-state index in [4.69, 9.17) is 0 Å². The van der Waals surface area contributed by atoms with Crippen LogP contribution in [0.4, 0.5) is 17.1 Å². The van der Waals surface area contributed by atoms with E-state index in [9.17, 15) is 20.2 Å². The van der Waals surface area contributed by atoms with Gasteiger partial charge in [-0.1, -0.05) is 0 Å². The number of nitrogens with one attached hydrogen (secondary N) is 1. The van der Waals surface area contributed by atoms with Crippen LogP contribution in [0, 0.1) is 26.1 Å². The lowest BCUT2D eigenvalue weighted by Gasteiger charge is -2.13. The highest BCUT2D eigenvalue weighted by Crippen LogP contribution is 2.36. The summed E-state index contributed by atoms with van der Waals surface area (Å²) in [6.07, 6.45) is 2.24. The third kappa shape index (κ3) is 2.55. The Kier molecular flexibility index (Phi) is 3.14. The minimum Gasteiger partial charge on any atom is -0.377 e. The predicted molar refractivity (Wildman–Crippen MR) is 65.6 cm³/mol. The van der Waals surface area contributed by atoms with E-state index in [1.165, 1.54) is 12.1 Å². The molecule has 0 bridgehead atoms. The van der Waals surface area contributed by atoms with E-state index in [1.54, 1.807) is 0 Å². The summed E-state index contributed by atoms with van der Waals surface area (Å²) >= 11 is 0. The fraction of sp³-hybridized carbons (Fsp3) is 0.455. The van der Waals surface area contributed by atoms with Crippen LogP contribution < -0.4 is 5.32 Å². The summed E-state index contributed by atoms with van der Waals surface area (Å²) in [6.45, 7) is 1.96. The number of nitro benzene ring substituents is 2. The molecule has 0 saturated heterocycles. The van der Waals surface area contributed by atoms with Crippen molar-refractivity contribution in [3.8, 4) is 0 Å². The van der Waals surface area contributed by atoms with Crippen molar-refractivity contribution >= 4 is 17.1 Å². The molecule has 0 radical (unpaired) electrons. The summed E-state index contributed by atoms with van der Waals surface area (Å²) in [5.74, 6) is 0.541. The summed E-state index contributed by atoms with van der Waals surface area (Å²) in [5.41, 5.74) is -0.187. The lowest BCUT2D eigenvalue weighted by atomic mass is 10.2. The van der Waals surface area contributed by atoms with Crippen LogP contribution in [0.5, 0.6) is 0 Å². The summed E-state index contributed by atoms with van der Waals surface area (Å²) in [4.78, 5) is 20.3. The molecule has 0 amide bonds. The highest BCUT2D eigenvalue weighted by molar-refractivity contribution is 5.65. The lowest BCUT2D eigenvalue weighted by molar-refractivity contribution is -0.393. The Hall–Kier alpha value is -2.18. The Morgan fingerprint density at radius 2 is 1.94 bits per heavy atom. The number of hydrogen-bond acceptors (Lipinski definition) is 5. The molecule has 7 heteroatoms. The molecule has 96 valence electrons. The highest BCUT2D eigenvalue weighted by atomic mass is 16.6. The fourth-order valence-electron chi connectivity index (χ4n) is 1.87. The van der Waals surface area contributed by atoms with Crippen LogP contribution in [-0.2, 0) is 0 Å². The van der Waals surface area contributed by atoms with E-state index in [-0.39, 0.29) is 17.4 Å². The number of non-ortho nitro benzene ring substituents is 1. The molecule has 1 aromatic carbocycles. The second kappa shape index (κ2) is 4.59. The first-order chi connectivity index (χ1) is 8.49. The second-order valence-electron chi connectivity index (χ2n) is 4.49. The molecule has 18 heavy (non-hydrogen) atoms. The standard InChI is InChI=1S/C11H13N3O4/c1-7(8-2-3-8)12-10-5-4-9(13(15)16)6-11(10)14(17)18/h4-8,12H,2-3H2,1H3/t7-/m1/s1. The van der Waals surface area contributed by atoms with Crippen molar-refractivity contribution in [3.63, 3.8) is 0 Å². The summed E-state index contributed by atoms with van der Waals surface area (Å²) in [6, 6.07) is 3.80. The predicted octanol–water partition coefficient (Wildman–Crippen LogP) is 2.71. The van der Waals surface area contributed by atoms with Crippen molar-refractivity contribution in [1.82, 2.24) is 0 Å². The molecule has 0 heterocycles. The number of rotatable bonds is 5. The summed E-state index contributed by atoms with van der Waals surface area (Å²) in [5, 5.41) is 24.6. The number of benzene rings is 1. The van der Waals surface area contributed by atoms with E-state index >= 15 is 0 Å². The molecule has 7 nitrogen and oxygen atoms in total. The van der Waals surface area contributed by atoms with Crippen LogP contribution in [0.15, 0.2) is 18.2 Å². The van der Waals surface area contributed by atoms with Crippen LogP contribution in [0.3, 0.4) is 0 Å². The SMILES string of the molecule is C[C@@H](Nc1ccc([N+](=O)[O-])cc1[N+](=O)[O-])C1CC1. The average Bonchev–Trinajstić information content (AvgIpc) is 3.12. The first kappa shape index (κ1) is 12.3. The van der Waals surface area contributed by atoms with Gasteiger partial charge in [0, 0.05) is 12.1 Å². The summed E-state index contributed by atoms with van der Waals surface area (Å²) in [7, 11) is 0. The molecule has 1 aromatic rings. The topological polar surface area (TPSA) is 98.3 Å². The molecule has 1 aliphatic rings. The molecule has 0 unspecified atom stereocenters. The maximum absolute atomic E-state index is 10.9. The molecule has 1 atom stereocenters. The summed E-state index contributed by atoms with van der Waals surface area (Å²) < 4.78 is 0. The van der Waals surface area contributed by atoms with Crippen molar-refractivity contribution in [1.29, 1.82) is 0 Å². The quantitative estimate of drug-likeness (QED) is 0.640. The van der Waals surface area contributed by atoms with Gasteiger partial charge in [0.15, 0.2) is 0 Å². The molecule has 0 spiro atoms. The Morgan fingerprint density at radius 1 is 1.28 bits per heavy atom. The third-order valence-corrected chi connectivity index (χ3v) is 3.10. The maximum Gasteiger partial charge on any atom is 0.299 e. The molecule has 1 saturated carbocycles. The van der Waals surface area contributed by atoms with Crippen LogP contribution in [-0.4, -0.2) is 15.9 Å². The van der Waals surface area contributed by atoms with E-state index in [2.05, 4.69) is 5.32 Å². The lowest BCUT2D eigenvalue weighted by Crippen LogP contribution is -2.18. The van der Waals surface area contributed by atoms with E-state index in [0.29, 0.717) is 11.6 Å². The zero-order chi connectivity index (χ0) is 13.3. The van der Waals surface area contributed by atoms with Gasteiger partial charge in [-0.25, -0.2) is 0 Å². The van der Waals surface area contributed by atoms with Crippen molar-refractivity contribution in [2.75, 3.05) is 5.32 Å². The molecule has 1 N–H and O–H groups in total. The molecule has 1 aliphatic carbocycles. The molecule has 0 aliphatic heterocycles. The minimum absolute atomic E-state index is 0.144. The average molecular weight is 251 g/mol. The van der Waals surface area contributed by atoms with Crippen LogP contribution in [0.2, 0.25) is 0 Å². The zero-order valence-electron chi connectivity index (χ0n) is 9.83. The van der Waals surface area contributed by atoms with E-state index in [0.717, 1.165) is 18.9 Å². The number of nitro groups is 2. The molecule has 0 aromatic heterocycles. The molecular weight excluding hydrogens is 238 g/mol. The van der Waals surface area contributed by atoms with Gasteiger partial charge in [-0.05, 0) is 31.7 Å². The van der Waals surface area contributed by atoms with Crippen molar-refractivity contribution in [2.24, 2.45) is 5.92 Å². The largest absolute Gasteiger partial charge is 0.377 e. The van der Waals surface area contributed by atoms with Gasteiger partial charge in [0.25, 0.3) is 11.4 Å². The minimum atomic E-state index is -0.638. The van der Waals surface area contributed by atoms with Crippen molar-refractivity contribution in [2.45, 2.75) is 25.8 Å². The molecule has 2 rings (SSSR count). The van der Waals surface area contributed by atoms with E-state index in [1.807, 2.05) is 6.92 Å². The first-order valence-corrected chi connectivity index (χ1v) is 5.68. The van der Waals surface area contributed by atoms with Gasteiger partial charge in [0.1, 0.15) is 5.69 Å². The zero-order valence-corrected chi connectivity index (χ0v) is 9.83. The Labute approximate surface area is 103 Å². The van der Waals surface area contributed by atoms with Crippen LogP contribution >= 0.6 is 0 Å². The van der Waals surface area contributed by atoms with Crippen LogP contribution in [0.1, 0.15) is 19.8 Å². The van der Waals surface area contributed by atoms with Crippen LogP contribution in [0.25, 0.3) is 0 Å². The molecule has 1 fully saturated rings. The third-order valence-electron chi connectivity index (χ3n) is 3.10. The monoisotopic (exact) mass is 251 g/mol. The van der Waals surface area contributed by atoms with Gasteiger partial charge in [0.05, 0.1) is 15.9 Å². The van der Waals surface area contributed by atoms with Gasteiger partial charge in [0.2, 0.25) is 0 Å². The number of hydrogen-bond donors (Lipinski definition) is 1. The smallest absolute Gasteiger partial charge is 0.299 e. The number of nitrogens with zero attached hydrogens (tertiary/aromatic N) is 2. The van der Waals surface area contributed by atoms with Gasteiger partial charge in [-0.2, -0.15) is 0 Å². The number of anilines is 1. The fourth-order valence-corrected chi connectivity index (χ4v) is 1.87. The Morgan fingerprint density at radius 3 is 2.44 bits per heavy atom. The van der Waals surface area contributed by atoms with Gasteiger partial charge >= 0.3 is 0 Å². The highest BCUT2D eigenvalue weighted by Gasteiger charge is 2.29. The maximum atomic E-state index is 10.9. The van der Waals surface area contributed by atoms with Gasteiger partial charge in [-0.3, -0.25) is 20.2 Å². The van der Waals surface area contributed by atoms with Crippen molar-refractivity contribution < 1.29 is 9.85 Å². The van der Waals surface area contributed by atoms with Crippen molar-refractivity contribution in [3.05, 3.63) is 38.4 Å².